The van der Waals surface area contributed by atoms with Crippen molar-refractivity contribution < 1.29 is 27.4 Å². The molecule has 0 aromatic heterocycles. The molecule has 6 nitrogen and oxygen atoms in total. The van der Waals surface area contributed by atoms with Crippen LogP contribution in [0.3, 0.4) is 0 Å². The van der Waals surface area contributed by atoms with Gasteiger partial charge in [-0.15, -0.1) is 0 Å². The average Bonchev–Trinajstić information content (AvgIpc) is 2.61. The summed E-state index contributed by atoms with van der Waals surface area (Å²) in [5.74, 6) is -1.60. The number of nitrogens with zero attached hydrogens (tertiary/aromatic N) is 1. The summed E-state index contributed by atoms with van der Waals surface area (Å²) < 4.78 is 31.1. The number of aliphatic carboxylic acids is 1. The maximum Gasteiger partial charge on any atom is 0.264 e. The summed E-state index contributed by atoms with van der Waals surface area (Å²) in [6.07, 6.45) is 13.8. The van der Waals surface area contributed by atoms with Gasteiger partial charge in [-0.2, -0.15) is 8.42 Å². The minimum absolute atomic E-state index is 0.0932. The third-order valence-corrected chi connectivity index (χ3v) is 7.66. The van der Waals surface area contributed by atoms with Gasteiger partial charge < -0.3 is 14.4 Å². The molecule has 0 radical (unpaired) electrons. The van der Waals surface area contributed by atoms with Crippen LogP contribution >= 0.6 is 0 Å². The van der Waals surface area contributed by atoms with Gasteiger partial charge in [0.15, 0.2) is 0 Å². The Balaban J connectivity index is 4.40. The second-order valence-electron chi connectivity index (χ2n) is 9.31. The molecule has 0 spiro atoms. The molecule has 7 heteroatoms. The fourth-order valence-electron chi connectivity index (χ4n) is 3.96. The van der Waals surface area contributed by atoms with Gasteiger partial charge in [0.1, 0.15) is 11.5 Å². The highest BCUT2D eigenvalue weighted by Gasteiger charge is 2.45. The van der Waals surface area contributed by atoms with Crippen LogP contribution in [-0.2, 0) is 14.9 Å². The number of carboxylic acid groups (broad SMARTS) is 1. The third-order valence-electron chi connectivity index (χ3n) is 6.85. The van der Waals surface area contributed by atoms with Crippen LogP contribution in [-0.4, -0.2) is 54.9 Å². The van der Waals surface area contributed by atoms with Crippen molar-refractivity contribution in [1.82, 2.24) is 0 Å². The fourth-order valence-corrected chi connectivity index (χ4v) is 4.47. The van der Waals surface area contributed by atoms with Gasteiger partial charge in [0.2, 0.25) is 0 Å². The molecule has 174 valence electrons. The first-order valence-electron chi connectivity index (χ1n) is 11.4. The van der Waals surface area contributed by atoms with Crippen molar-refractivity contribution in [3.8, 4) is 0 Å². The van der Waals surface area contributed by atoms with Crippen LogP contribution in [0.5, 0.6) is 0 Å². The van der Waals surface area contributed by atoms with Crippen molar-refractivity contribution in [2.75, 3.05) is 19.8 Å². The number of carbonyl (C=O) groups is 1. The molecule has 0 aromatic rings. The zero-order valence-corrected chi connectivity index (χ0v) is 20.2. The fraction of sp³-hybridized carbons (Fsp3) is 0.955. The Morgan fingerprint density at radius 2 is 1.41 bits per heavy atom. The highest BCUT2D eigenvalue weighted by atomic mass is 32.2. The number of carbonyl (C=O) groups excluding carboxylic acids is 1. The molecule has 0 aromatic carbocycles. The number of unbranched alkanes of at least 4 members (excludes halogenated alkanes) is 9. The second-order valence-corrected chi connectivity index (χ2v) is 10.9. The van der Waals surface area contributed by atoms with Gasteiger partial charge in [0.25, 0.3) is 10.1 Å². The summed E-state index contributed by atoms with van der Waals surface area (Å²) in [5, 5.41) is 11.9. The topological polar surface area (TPSA) is 94.5 Å². The van der Waals surface area contributed by atoms with Gasteiger partial charge in [0.05, 0.1) is 25.9 Å². The summed E-state index contributed by atoms with van der Waals surface area (Å²) in [4.78, 5) is 11.9. The van der Waals surface area contributed by atoms with Crippen LogP contribution in [0.4, 0.5) is 0 Å². The molecule has 0 amide bonds. The van der Waals surface area contributed by atoms with Gasteiger partial charge in [-0.3, -0.25) is 4.55 Å². The Morgan fingerprint density at radius 1 is 0.966 bits per heavy atom. The molecule has 2 unspecified atom stereocenters. The normalized spacial score (nSPS) is 15.8. The zero-order valence-electron chi connectivity index (χ0n) is 19.4. The lowest BCUT2D eigenvalue weighted by atomic mass is 9.89. The molecular formula is C22H45NO5S. The molecule has 0 rings (SSSR count). The SMILES string of the molecule is CCCCCCCCCCCCC(C)[N+](C)(C)C(C)(CCCS(=O)(=O)O)C(=O)[O-]. The number of carboxylic acids is 1. The summed E-state index contributed by atoms with van der Waals surface area (Å²) in [7, 11) is -0.332. The Bertz CT molecular complexity index is 562. The molecule has 0 saturated carbocycles. The Kier molecular flexibility index (Phi) is 13.3. The second kappa shape index (κ2) is 13.6. The minimum atomic E-state index is -4.09. The lowest BCUT2D eigenvalue weighted by Crippen LogP contribution is -2.69. The number of hydrogen-bond acceptors (Lipinski definition) is 4. The van der Waals surface area contributed by atoms with Crippen molar-refractivity contribution in [2.24, 2.45) is 0 Å². The van der Waals surface area contributed by atoms with E-state index >= 15 is 0 Å². The molecule has 0 aliphatic rings. The summed E-state index contributed by atoms with van der Waals surface area (Å²) in [5.41, 5.74) is -1.21. The van der Waals surface area contributed by atoms with Crippen LogP contribution in [0.1, 0.15) is 104 Å². The van der Waals surface area contributed by atoms with E-state index in [9.17, 15) is 18.3 Å². The van der Waals surface area contributed by atoms with Crippen LogP contribution < -0.4 is 5.11 Å². The van der Waals surface area contributed by atoms with E-state index in [1.807, 2.05) is 14.1 Å². The zero-order chi connectivity index (χ0) is 22.6. The van der Waals surface area contributed by atoms with Gasteiger partial charge in [-0.1, -0.05) is 64.7 Å². The third kappa shape index (κ3) is 10.8. The first-order valence-corrected chi connectivity index (χ1v) is 13.0. The van der Waals surface area contributed by atoms with Crippen molar-refractivity contribution in [1.29, 1.82) is 0 Å². The summed E-state index contributed by atoms with van der Waals surface area (Å²) in [6, 6.07) is 0.109. The van der Waals surface area contributed by atoms with Gasteiger partial charge in [-0.25, -0.2) is 0 Å². The van der Waals surface area contributed by atoms with E-state index in [2.05, 4.69) is 13.8 Å². The summed E-state index contributed by atoms with van der Waals surface area (Å²) >= 11 is 0. The van der Waals surface area contributed by atoms with Gasteiger partial charge in [0, 0.05) is 6.42 Å². The number of hydrogen-bond donors (Lipinski definition) is 1. The van der Waals surface area contributed by atoms with E-state index in [1.54, 1.807) is 6.92 Å². The predicted molar refractivity (Wildman–Crippen MR) is 117 cm³/mol. The van der Waals surface area contributed by atoms with Gasteiger partial charge in [-0.05, 0) is 33.1 Å². The van der Waals surface area contributed by atoms with Crippen LogP contribution in [0, 0.1) is 0 Å². The van der Waals surface area contributed by atoms with Crippen molar-refractivity contribution >= 4 is 16.1 Å². The molecule has 2 atom stereocenters. The summed E-state index contributed by atoms with van der Waals surface area (Å²) in [6.45, 7) is 5.91. The Labute approximate surface area is 179 Å². The first kappa shape index (κ1) is 28.3. The van der Waals surface area contributed by atoms with Crippen molar-refractivity contribution in [2.45, 2.75) is 116 Å². The van der Waals surface area contributed by atoms with Crippen molar-refractivity contribution in [3.05, 3.63) is 0 Å². The highest BCUT2D eigenvalue weighted by molar-refractivity contribution is 7.85. The quantitative estimate of drug-likeness (QED) is 0.200. The lowest BCUT2D eigenvalue weighted by molar-refractivity contribution is -0.954. The number of rotatable bonds is 18. The lowest BCUT2D eigenvalue weighted by Gasteiger charge is -2.51. The van der Waals surface area contributed by atoms with E-state index in [0.717, 1.165) is 19.3 Å². The van der Waals surface area contributed by atoms with Crippen LogP contribution in [0.2, 0.25) is 0 Å². The monoisotopic (exact) mass is 435 g/mol. The Morgan fingerprint density at radius 3 is 1.83 bits per heavy atom. The first-order chi connectivity index (χ1) is 13.4. The molecular weight excluding hydrogens is 390 g/mol. The van der Waals surface area contributed by atoms with E-state index in [0.29, 0.717) is 0 Å². The molecule has 0 aliphatic heterocycles. The minimum Gasteiger partial charge on any atom is -0.544 e. The number of likely N-dealkylation sites (N-methyl/N-ethyl adjacent to an activating group) is 1. The van der Waals surface area contributed by atoms with E-state index in [1.165, 1.54) is 51.4 Å². The highest BCUT2D eigenvalue weighted by Crippen LogP contribution is 2.31. The van der Waals surface area contributed by atoms with E-state index in [-0.39, 0.29) is 23.4 Å². The van der Waals surface area contributed by atoms with Gasteiger partial charge >= 0.3 is 0 Å². The molecule has 0 fully saturated rings. The van der Waals surface area contributed by atoms with E-state index in [4.69, 9.17) is 4.55 Å². The van der Waals surface area contributed by atoms with E-state index < -0.39 is 27.4 Å². The molecule has 0 saturated heterocycles. The number of quaternary nitrogens is 1. The maximum atomic E-state index is 11.9. The van der Waals surface area contributed by atoms with Crippen LogP contribution in [0.15, 0.2) is 0 Å². The van der Waals surface area contributed by atoms with Crippen molar-refractivity contribution in [3.63, 3.8) is 0 Å². The molecule has 1 N–H and O–H groups in total. The molecule has 0 heterocycles. The smallest absolute Gasteiger partial charge is 0.264 e. The Hall–Kier alpha value is -0.660. The van der Waals surface area contributed by atoms with Crippen LogP contribution in [0.25, 0.3) is 0 Å². The maximum absolute atomic E-state index is 11.9. The predicted octanol–water partition coefficient (Wildman–Crippen LogP) is 3.94. The average molecular weight is 436 g/mol. The standard InChI is InChI=1S/C22H45NO5S/c1-6-7-8-9-10-11-12-13-14-15-17-20(2)23(4,5)22(3,21(24)25)18-16-19-29(26,27)28/h20H,6-19H2,1-5H3,(H-,24,25,26,27,28). The molecule has 0 bridgehead atoms. The largest absolute Gasteiger partial charge is 0.544 e. The molecule has 0 aliphatic carbocycles. The molecule has 29 heavy (non-hydrogen) atoms.